The van der Waals surface area contributed by atoms with Gasteiger partial charge in [0.15, 0.2) is 11.6 Å². The highest BCUT2D eigenvalue weighted by Gasteiger charge is 2.42. The van der Waals surface area contributed by atoms with Gasteiger partial charge in [-0.2, -0.15) is 0 Å². The Labute approximate surface area is 184 Å². The van der Waals surface area contributed by atoms with E-state index < -0.39 is 23.2 Å². The molecule has 1 heterocycles. The van der Waals surface area contributed by atoms with Gasteiger partial charge in [-0.15, -0.1) is 0 Å². The van der Waals surface area contributed by atoms with Crippen molar-refractivity contribution in [1.29, 1.82) is 0 Å². The molecule has 1 aliphatic carbocycles. The summed E-state index contributed by atoms with van der Waals surface area (Å²) < 4.78 is 25.0. The zero-order chi connectivity index (χ0) is 22.8. The number of benzene rings is 1. The number of ether oxygens (including phenoxy) is 2. The van der Waals surface area contributed by atoms with Gasteiger partial charge in [0.05, 0.1) is 14.2 Å². The lowest BCUT2D eigenvalue weighted by molar-refractivity contribution is -0.146. The van der Waals surface area contributed by atoms with Crippen LogP contribution in [0.15, 0.2) is 24.4 Å². The van der Waals surface area contributed by atoms with E-state index in [1.54, 1.807) is 0 Å². The van der Waals surface area contributed by atoms with Gasteiger partial charge in [0, 0.05) is 22.9 Å². The van der Waals surface area contributed by atoms with Gasteiger partial charge in [0.2, 0.25) is 5.88 Å². The molecule has 0 unspecified atom stereocenters. The summed E-state index contributed by atoms with van der Waals surface area (Å²) in [6.07, 6.45) is 3.43. The van der Waals surface area contributed by atoms with Crippen molar-refractivity contribution in [2.45, 2.75) is 38.1 Å². The van der Waals surface area contributed by atoms with Crippen LogP contribution >= 0.6 is 11.6 Å². The van der Waals surface area contributed by atoms with E-state index in [2.05, 4.69) is 10.3 Å². The topological polar surface area (TPSA) is 97.8 Å². The van der Waals surface area contributed by atoms with Crippen molar-refractivity contribution >= 4 is 23.5 Å². The van der Waals surface area contributed by atoms with Crippen LogP contribution in [0.25, 0.3) is 11.1 Å². The molecule has 1 fully saturated rings. The number of pyridine rings is 1. The van der Waals surface area contributed by atoms with Crippen LogP contribution in [0.2, 0.25) is 5.02 Å². The van der Waals surface area contributed by atoms with Gasteiger partial charge in [-0.3, -0.25) is 4.79 Å². The lowest BCUT2D eigenvalue weighted by Crippen LogP contribution is -2.56. The number of carbonyl (C=O) groups is 2. The molecule has 2 aromatic rings. The predicted molar refractivity (Wildman–Crippen MR) is 113 cm³/mol. The van der Waals surface area contributed by atoms with Crippen LogP contribution in [0.3, 0.4) is 0 Å². The molecular formula is C22H24ClFN2O5. The zero-order valence-corrected chi connectivity index (χ0v) is 18.3. The number of amides is 1. The Bertz CT molecular complexity index is 1010. The van der Waals surface area contributed by atoms with Crippen molar-refractivity contribution in [2.75, 3.05) is 14.2 Å². The normalized spacial score (nSPS) is 20.7. The van der Waals surface area contributed by atoms with E-state index in [1.807, 2.05) is 6.92 Å². The van der Waals surface area contributed by atoms with E-state index in [1.165, 1.54) is 32.5 Å². The Morgan fingerprint density at radius 3 is 2.45 bits per heavy atom. The molecular weight excluding hydrogens is 427 g/mol. The third kappa shape index (κ3) is 4.58. The van der Waals surface area contributed by atoms with E-state index in [-0.39, 0.29) is 27.8 Å². The van der Waals surface area contributed by atoms with Crippen LogP contribution in [0.4, 0.5) is 4.39 Å². The first-order valence-corrected chi connectivity index (χ1v) is 10.2. The molecule has 1 saturated carbocycles. The number of hydrogen-bond donors (Lipinski definition) is 2. The average Bonchev–Trinajstić information content (AvgIpc) is 2.74. The van der Waals surface area contributed by atoms with Crippen molar-refractivity contribution < 1.29 is 28.6 Å². The van der Waals surface area contributed by atoms with E-state index in [9.17, 15) is 19.1 Å². The molecule has 0 aliphatic heterocycles. The second kappa shape index (κ2) is 9.09. The first kappa shape index (κ1) is 22.8. The Balaban J connectivity index is 1.99. The quantitative estimate of drug-likeness (QED) is 0.680. The van der Waals surface area contributed by atoms with E-state index in [0.717, 1.165) is 6.07 Å². The van der Waals surface area contributed by atoms with Crippen molar-refractivity contribution in [3.8, 4) is 22.8 Å². The smallest absolute Gasteiger partial charge is 0.329 e. The number of aromatic nitrogens is 1. The van der Waals surface area contributed by atoms with Gasteiger partial charge in [-0.1, -0.05) is 18.5 Å². The number of methoxy groups -OCH3 is 2. The molecule has 0 bridgehead atoms. The summed E-state index contributed by atoms with van der Waals surface area (Å²) in [5.41, 5.74) is -0.730. The van der Waals surface area contributed by atoms with Gasteiger partial charge < -0.3 is 19.9 Å². The van der Waals surface area contributed by atoms with E-state index >= 15 is 0 Å². The molecule has 1 aliphatic rings. The van der Waals surface area contributed by atoms with Gasteiger partial charge in [-0.05, 0) is 49.8 Å². The fourth-order valence-electron chi connectivity index (χ4n) is 3.81. The van der Waals surface area contributed by atoms with Crippen LogP contribution in [0.1, 0.15) is 43.0 Å². The Kier molecular flexibility index (Phi) is 6.69. The second-order valence-corrected chi connectivity index (χ2v) is 8.19. The number of carbonyl (C=O) groups excluding carboxylic acids is 1. The standard InChI is InChI=1S/C22H24ClFN2O5/c1-12-4-6-22(7-5-12,21(28)29)26-19(27)13-8-15(18(30-2)17(24)10-13)14-9-16(23)20(31-3)25-11-14/h8-12H,4-7H2,1-3H3,(H,26,27)(H,28,29). The maximum atomic E-state index is 14.8. The maximum absolute atomic E-state index is 14.8. The average molecular weight is 451 g/mol. The number of nitrogens with one attached hydrogen (secondary N) is 1. The molecule has 9 heteroatoms. The number of hydrogen-bond acceptors (Lipinski definition) is 5. The molecule has 1 aromatic heterocycles. The van der Waals surface area contributed by atoms with Crippen LogP contribution in [-0.4, -0.2) is 41.7 Å². The van der Waals surface area contributed by atoms with Crippen molar-refractivity contribution in [1.82, 2.24) is 10.3 Å². The van der Waals surface area contributed by atoms with Crippen molar-refractivity contribution in [3.63, 3.8) is 0 Å². The molecule has 0 saturated heterocycles. The minimum atomic E-state index is -1.37. The monoisotopic (exact) mass is 450 g/mol. The Morgan fingerprint density at radius 1 is 1.23 bits per heavy atom. The number of carboxylic acids is 1. The molecule has 31 heavy (non-hydrogen) atoms. The molecule has 7 nitrogen and oxygen atoms in total. The lowest BCUT2D eigenvalue weighted by Gasteiger charge is -2.36. The molecule has 1 aromatic carbocycles. The molecule has 166 valence electrons. The first-order valence-electron chi connectivity index (χ1n) is 9.84. The lowest BCUT2D eigenvalue weighted by atomic mass is 9.77. The first-order chi connectivity index (χ1) is 14.7. The number of carboxylic acid groups (broad SMARTS) is 1. The highest BCUT2D eigenvalue weighted by molar-refractivity contribution is 6.32. The summed E-state index contributed by atoms with van der Waals surface area (Å²) in [5.74, 6) is -2.02. The molecule has 1 amide bonds. The second-order valence-electron chi connectivity index (χ2n) is 7.78. The number of rotatable bonds is 6. The largest absolute Gasteiger partial charge is 0.493 e. The highest BCUT2D eigenvalue weighted by Crippen LogP contribution is 2.37. The fraction of sp³-hybridized carbons (Fsp3) is 0.409. The molecule has 2 N–H and O–H groups in total. The third-order valence-electron chi connectivity index (χ3n) is 5.71. The van der Waals surface area contributed by atoms with Gasteiger partial charge in [-0.25, -0.2) is 14.2 Å². The Hall–Kier alpha value is -2.87. The maximum Gasteiger partial charge on any atom is 0.329 e. The van der Waals surface area contributed by atoms with E-state index in [4.69, 9.17) is 21.1 Å². The molecule has 0 radical (unpaired) electrons. The summed E-state index contributed by atoms with van der Waals surface area (Å²) in [6, 6.07) is 3.98. The van der Waals surface area contributed by atoms with Gasteiger partial charge in [0.1, 0.15) is 10.6 Å². The SMILES string of the molecule is COc1ncc(-c2cc(C(=O)NC3(C(=O)O)CCC(C)CC3)cc(F)c2OC)cc1Cl. The van der Waals surface area contributed by atoms with Crippen LogP contribution in [0, 0.1) is 11.7 Å². The summed E-state index contributed by atoms with van der Waals surface area (Å²) in [4.78, 5) is 29.0. The van der Waals surface area contributed by atoms with Gasteiger partial charge >= 0.3 is 5.97 Å². The van der Waals surface area contributed by atoms with Crippen LogP contribution in [0.5, 0.6) is 11.6 Å². The number of halogens is 2. The summed E-state index contributed by atoms with van der Waals surface area (Å²) in [6.45, 7) is 2.05. The third-order valence-corrected chi connectivity index (χ3v) is 5.98. The zero-order valence-electron chi connectivity index (χ0n) is 17.5. The van der Waals surface area contributed by atoms with Gasteiger partial charge in [0.25, 0.3) is 5.91 Å². The Morgan fingerprint density at radius 2 is 1.90 bits per heavy atom. The highest BCUT2D eigenvalue weighted by atomic mass is 35.5. The minimum Gasteiger partial charge on any atom is -0.493 e. The predicted octanol–water partition coefficient (Wildman–Crippen LogP) is 4.32. The van der Waals surface area contributed by atoms with Crippen molar-refractivity contribution in [3.05, 3.63) is 40.8 Å². The minimum absolute atomic E-state index is 0.0283. The fourth-order valence-corrected chi connectivity index (χ4v) is 4.05. The summed E-state index contributed by atoms with van der Waals surface area (Å²) in [7, 11) is 2.73. The molecule has 3 rings (SSSR count). The molecule has 0 spiro atoms. The molecule has 0 atom stereocenters. The summed E-state index contributed by atoms with van der Waals surface area (Å²) >= 11 is 6.14. The van der Waals surface area contributed by atoms with E-state index in [0.29, 0.717) is 37.2 Å². The number of aliphatic carboxylic acids is 1. The van der Waals surface area contributed by atoms with Crippen molar-refractivity contribution in [2.24, 2.45) is 5.92 Å². The van der Waals surface area contributed by atoms with Crippen LogP contribution < -0.4 is 14.8 Å². The van der Waals surface area contributed by atoms with Crippen LogP contribution in [-0.2, 0) is 4.79 Å². The summed E-state index contributed by atoms with van der Waals surface area (Å²) in [5, 5.41) is 12.6. The number of nitrogens with zero attached hydrogens (tertiary/aromatic N) is 1.